The van der Waals surface area contributed by atoms with Gasteiger partial charge in [0.2, 0.25) is 5.95 Å². The summed E-state index contributed by atoms with van der Waals surface area (Å²) in [4.78, 5) is 21.8. The van der Waals surface area contributed by atoms with Gasteiger partial charge in [0.1, 0.15) is 5.75 Å². The number of carbonyl (C=O) groups excluding carboxylic acids is 1. The zero-order valence-electron chi connectivity index (χ0n) is 16.5. The number of amides is 1. The van der Waals surface area contributed by atoms with Crippen molar-refractivity contribution in [3.8, 4) is 5.75 Å². The fourth-order valence-corrected chi connectivity index (χ4v) is 3.52. The maximum absolute atomic E-state index is 14.7. The van der Waals surface area contributed by atoms with Crippen LogP contribution in [0, 0.1) is 5.82 Å². The van der Waals surface area contributed by atoms with E-state index in [-0.39, 0.29) is 24.3 Å². The number of ether oxygens (including phenoxy) is 1. The fraction of sp³-hybridized carbons (Fsp3) is 0.143. The molecule has 0 saturated heterocycles. The average Bonchev–Trinajstić information content (AvgIpc) is 3.26. The lowest BCUT2D eigenvalue weighted by atomic mass is 10.2. The van der Waals surface area contributed by atoms with E-state index in [0.29, 0.717) is 23.7 Å². The third kappa shape index (κ3) is 3.48. The molecule has 0 saturated carbocycles. The van der Waals surface area contributed by atoms with Gasteiger partial charge < -0.3 is 20.3 Å². The van der Waals surface area contributed by atoms with Crippen molar-refractivity contribution in [1.29, 1.82) is 0 Å². The lowest BCUT2D eigenvalue weighted by Crippen LogP contribution is -2.25. The van der Waals surface area contributed by atoms with Crippen LogP contribution in [0.4, 0.5) is 33.2 Å². The summed E-state index contributed by atoms with van der Waals surface area (Å²) in [5.74, 6) is 0.174. The molecule has 1 aliphatic heterocycles. The maximum atomic E-state index is 14.7. The molecule has 1 aliphatic rings. The summed E-state index contributed by atoms with van der Waals surface area (Å²) < 4.78 is 20.1. The Kier molecular flexibility index (Phi) is 4.58. The second-order valence-electron chi connectivity index (χ2n) is 6.89. The van der Waals surface area contributed by atoms with E-state index in [0.717, 1.165) is 22.8 Å². The molecule has 0 radical (unpaired) electrons. The van der Waals surface area contributed by atoms with Crippen molar-refractivity contribution < 1.29 is 13.9 Å². The highest BCUT2D eigenvalue weighted by Crippen LogP contribution is 2.34. The maximum Gasteiger partial charge on any atom is 0.262 e. The number of hydrogen-bond donors (Lipinski definition) is 3. The van der Waals surface area contributed by atoms with Gasteiger partial charge in [0, 0.05) is 17.6 Å². The molecular formula is C21H18FN7O2. The number of carbonyl (C=O) groups is 1. The van der Waals surface area contributed by atoms with E-state index in [2.05, 4.69) is 30.8 Å². The van der Waals surface area contributed by atoms with Crippen LogP contribution in [0.25, 0.3) is 10.9 Å². The number of nitrogens with zero attached hydrogens (tertiary/aromatic N) is 4. The molecule has 0 aliphatic carbocycles. The zero-order chi connectivity index (χ0) is 21.4. The highest BCUT2D eigenvalue weighted by atomic mass is 19.1. The Morgan fingerprint density at radius 2 is 2.16 bits per heavy atom. The Morgan fingerprint density at radius 3 is 3.03 bits per heavy atom. The van der Waals surface area contributed by atoms with Crippen LogP contribution in [0.3, 0.4) is 0 Å². The van der Waals surface area contributed by atoms with Crippen LogP contribution < -0.4 is 20.3 Å². The molecule has 0 bridgehead atoms. The molecule has 3 heterocycles. The van der Waals surface area contributed by atoms with Crippen molar-refractivity contribution in [1.82, 2.24) is 20.2 Å². The summed E-state index contributed by atoms with van der Waals surface area (Å²) in [6, 6.07) is 10.9. The molecule has 10 heteroatoms. The molecule has 2 aromatic carbocycles. The lowest BCUT2D eigenvalue weighted by molar-refractivity contribution is -0.118. The first-order valence-electron chi connectivity index (χ1n) is 9.68. The molecule has 156 valence electrons. The van der Waals surface area contributed by atoms with E-state index in [9.17, 15) is 9.18 Å². The standard InChI is InChI=1S/C21H18FN7O2/c1-2-29(17-5-3-4-15-13(17)9-24-28-15)20-14(22)10-23-21(27-20)25-12-6-7-18-16(8-12)26-19(30)11-31-18/h3-10H,2,11H2,1H3,(H,24,28)(H,26,30)(H,23,25,27). The van der Waals surface area contributed by atoms with E-state index < -0.39 is 5.82 Å². The van der Waals surface area contributed by atoms with Gasteiger partial charge in [-0.05, 0) is 37.3 Å². The highest BCUT2D eigenvalue weighted by molar-refractivity contribution is 5.96. The summed E-state index contributed by atoms with van der Waals surface area (Å²) in [7, 11) is 0. The van der Waals surface area contributed by atoms with Crippen LogP contribution in [0.1, 0.15) is 6.92 Å². The van der Waals surface area contributed by atoms with Crippen LogP contribution in [0.5, 0.6) is 5.75 Å². The number of fused-ring (bicyclic) bond motifs is 2. The highest BCUT2D eigenvalue weighted by Gasteiger charge is 2.19. The van der Waals surface area contributed by atoms with Gasteiger partial charge >= 0.3 is 0 Å². The summed E-state index contributed by atoms with van der Waals surface area (Å²) in [6.07, 6.45) is 2.83. The molecule has 1 amide bonds. The van der Waals surface area contributed by atoms with Gasteiger partial charge in [0.05, 0.1) is 29.3 Å². The average molecular weight is 419 g/mol. The van der Waals surface area contributed by atoms with Crippen LogP contribution in [-0.2, 0) is 4.79 Å². The molecule has 0 spiro atoms. The molecule has 31 heavy (non-hydrogen) atoms. The Hall–Kier alpha value is -4.21. The summed E-state index contributed by atoms with van der Waals surface area (Å²) in [5.41, 5.74) is 2.81. The normalized spacial score (nSPS) is 12.8. The zero-order valence-corrected chi connectivity index (χ0v) is 16.5. The van der Waals surface area contributed by atoms with Crippen molar-refractivity contribution in [3.05, 3.63) is 54.6 Å². The van der Waals surface area contributed by atoms with Crippen molar-refractivity contribution in [2.45, 2.75) is 6.92 Å². The number of nitrogens with one attached hydrogen (secondary N) is 3. The second kappa shape index (κ2) is 7.56. The molecule has 0 unspecified atom stereocenters. The summed E-state index contributed by atoms with van der Waals surface area (Å²) in [5, 5.41) is 13.7. The predicted molar refractivity (Wildman–Crippen MR) is 115 cm³/mol. The fourth-order valence-electron chi connectivity index (χ4n) is 3.52. The smallest absolute Gasteiger partial charge is 0.262 e. The van der Waals surface area contributed by atoms with Gasteiger partial charge in [0.15, 0.2) is 18.2 Å². The van der Waals surface area contributed by atoms with Crippen molar-refractivity contribution in [3.63, 3.8) is 0 Å². The number of anilines is 5. The number of benzene rings is 2. The van der Waals surface area contributed by atoms with E-state index in [4.69, 9.17) is 4.74 Å². The molecule has 0 atom stereocenters. The largest absolute Gasteiger partial charge is 0.482 e. The van der Waals surface area contributed by atoms with Crippen molar-refractivity contribution in [2.24, 2.45) is 0 Å². The predicted octanol–water partition coefficient (Wildman–Crippen LogP) is 3.72. The van der Waals surface area contributed by atoms with E-state index >= 15 is 0 Å². The van der Waals surface area contributed by atoms with Crippen LogP contribution in [0.2, 0.25) is 0 Å². The van der Waals surface area contributed by atoms with Crippen molar-refractivity contribution in [2.75, 3.05) is 28.7 Å². The molecule has 9 nitrogen and oxygen atoms in total. The van der Waals surface area contributed by atoms with Gasteiger partial charge in [-0.3, -0.25) is 9.89 Å². The first kappa shape index (κ1) is 18.8. The molecule has 3 N–H and O–H groups in total. The summed E-state index contributed by atoms with van der Waals surface area (Å²) in [6.45, 7) is 2.39. The number of rotatable bonds is 5. The minimum Gasteiger partial charge on any atom is -0.482 e. The van der Waals surface area contributed by atoms with Gasteiger partial charge in [-0.1, -0.05) is 6.07 Å². The first-order chi connectivity index (χ1) is 15.1. The van der Waals surface area contributed by atoms with Crippen LogP contribution in [0.15, 0.2) is 48.8 Å². The molecule has 4 aromatic rings. The van der Waals surface area contributed by atoms with Crippen LogP contribution in [-0.4, -0.2) is 39.2 Å². The molecule has 2 aromatic heterocycles. The number of H-pyrrole nitrogens is 1. The number of aromatic amines is 1. The van der Waals surface area contributed by atoms with E-state index in [1.165, 1.54) is 0 Å². The Labute approximate surface area is 176 Å². The quantitative estimate of drug-likeness (QED) is 0.452. The number of hydrogen-bond acceptors (Lipinski definition) is 7. The lowest BCUT2D eigenvalue weighted by Gasteiger charge is -2.23. The molecule has 5 rings (SSSR count). The Balaban J connectivity index is 1.48. The third-order valence-corrected chi connectivity index (χ3v) is 4.92. The number of halogens is 1. The number of aromatic nitrogens is 4. The minimum atomic E-state index is -0.543. The molecular weight excluding hydrogens is 401 g/mol. The van der Waals surface area contributed by atoms with E-state index in [1.807, 2.05) is 25.1 Å². The topological polar surface area (TPSA) is 108 Å². The van der Waals surface area contributed by atoms with Gasteiger partial charge in [-0.25, -0.2) is 9.37 Å². The first-order valence-corrected chi connectivity index (χ1v) is 9.68. The molecule has 0 fully saturated rings. The second-order valence-corrected chi connectivity index (χ2v) is 6.89. The van der Waals surface area contributed by atoms with Gasteiger partial charge in [-0.2, -0.15) is 10.1 Å². The minimum absolute atomic E-state index is 0.0134. The van der Waals surface area contributed by atoms with Gasteiger partial charge in [-0.15, -0.1) is 0 Å². The SMILES string of the molecule is CCN(c1nc(Nc2ccc3c(c2)NC(=O)CO3)ncc1F)c1cccc2[nH]ncc12. The Bertz CT molecular complexity index is 1290. The monoisotopic (exact) mass is 419 g/mol. The van der Waals surface area contributed by atoms with Crippen LogP contribution >= 0.6 is 0 Å². The Morgan fingerprint density at radius 1 is 1.26 bits per heavy atom. The van der Waals surface area contributed by atoms with Crippen molar-refractivity contribution >= 4 is 45.6 Å². The summed E-state index contributed by atoms with van der Waals surface area (Å²) >= 11 is 0. The van der Waals surface area contributed by atoms with E-state index in [1.54, 1.807) is 29.3 Å². The van der Waals surface area contributed by atoms with Gasteiger partial charge in [0.25, 0.3) is 5.91 Å². The third-order valence-electron chi connectivity index (χ3n) is 4.92.